The standard InChI is InChI=1S/C20H42BO4/c1-5-9-12-14-17-23-21(24-18-15-13-10-6-2)25-20(22)19(8-4)16-11-7-3/h19,21H,5-18H2,1-4H3/q-1. The maximum Gasteiger partial charge on any atom is 0.423 e. The zero-order chi connectivity index (χ0) is 18.8. The molecule has 0 bridgehead atoms. The molecule has 0 rings (SSSR count). The lowest BCUT2D eigenvalue weighted by Crippen LogP contribution is -2.33. The van der Waals surface area contributed by atoms with Gasteiger partial charge in [-0.05, 0) is 25.7 Å². The third-order valence-electron chi connectivity index (χ3n) is 4.61. The smallest absolute Gasteiger partial charge is 0.423 e. The molecule has 0 aliphatic rings. The van der Waals surface area contributed by atoms with Gasteiger partial charge in [-0.25, -0.2) is 0 Å². The molecule has 1 atom stereocenters. The second kappa shape index (κ2) is 18.3. The minimum absolute atomic E-state index is 0.0256. The Bertz CT molecular complexity index is 285. The fourth-order valence-corrected chi connectivity index (χ4v) is 2.81. The minimum atomic E-state index is -1.75. The van der Waals surface area contributed by atoms with E-state index in [0.717, 1.165) is 51.4 Å². The van der Waals surface area contributed by atoms with Crippen LogP contribution in [0.25, 0.3) is 0 Å². The summed E-state index contributed by atoms with van der Waals surface area (Å²) in [7, 11) is -1.75. The number of hydrogen-bond donors (Lipinski definition) is 0. The Morgan fingerprint density at radius 3 is 1.72 bits per heavy atom. The highest BCUT2D eigenvalue weighted by Crippen LogP contribution is 2.15. The summed E-state index contributed by atoms with van der Waals surface area (Å²) < 4.78 is 17.2. The van der Waals surface area contributed by atoms with Gasteiger partial charge in [0, 0.05) is 13.2 Å². The molecule has 0 saturated carbocycles. The third-order valence-corrected chi connectivity index (χ3v) is 4.61. The van der Waals surface area contributed by atoms with Crippen molar-refractivity contribution in [1.82, 2.24) is 0 Å². The van der Waals surface area contributed by atoms with E-state index in [1.807, 2.05) is 6.92 Å². The zero-order valence-electron chi connectivity index (χ0n) is 17.3. The Labute approximate surface area is 156 Å². The molecule has 0 aliphatic carbocycles. The van der Waals surface area contributed by atoms with E-state index in [1.165, 1.54) is 25.7 Å². The largest absolute Gasteiger partial charge is 0.646 e. The first-order valence-corrected chi connectivity index (χ1v) is 10.8. The van der Waals surface area contributed by atoms with Crippen LogP contribution in [0.2, 0.25) is 0 Å². The fourth-order valence-electron chi connectivity index (χ4n) is 2.81. The van der Waals surface area contributed by atoms with E-state index in [2.05, 4.69) is 20.8 Å². The van der Waals surface area contributed by atoms with E-state index in [1.54, 1.807) is 0 Å². The first-order chi connectivity index (χ1) is 12.2. The van der Waals surface area contributed by atoms with Crippen LogP contribution in [0.5, 0.6) is 0 Å². The maximum atomic E-state index is 12.4. The van der Waals surface area contributed by atoms with E-state index in [9.17, 15) is 4.79 Å². The Morgan fingerprint density at radius 2 is 1.28 bits per heavy atom. The first kappa shape index (κ1) is 24.5. The van der Waals surface area contributed by atoms with Crippen LogP contribution in [0.4, 0.5) is 0 Å². The number of unbranched alkanes of at least 4 members (excludes halogenated alkanes) is 7. The van der Waals surface area contributed by atoms with Crippen LogP contribution in [-0.4, -0.2) is 26.5 Å². The van der Waals surface area contributed by atoms with E-state index in [-0.39, 0.29) is 11.9 Å². The van der Waals surface area contributed by atoms with Crippen molar-refractivity contribution < 1.29 is 18.8 Å². The van der Waals surface area contributed by atoms with Crippen LogP contribution < -0.4 is 0 Å². The molecular weight excluding hydrogens is 315 g/mol. The summed E-state index contributed by atoms with van der Waals surface area (Å²) >= 11 is 0. The van der Waals surface area contributed by atoms with Crippen LogP contribution in [0.1, 0.15) is 105 Å². The van der Waals surface area contributed by atoms with E-state index >= 15 is 0 Å². The molecule has 0 fully saturated rings. The summed E-state index contributed by atoms with van der Waals surface area (Å²) in [5.74, 6) is -0.166. The molecule has 0 heterocycles. The maximum absolute atomic E-state index is 12.4. The highest BCUT2D eigenvalue weighted by atomic mass is 16.7. The molecule has 0 amide bonds. The van der Waals surface area contributed by atoms with Gasteiger partial charge < -0.3 is 14.0 Å². The van der Waals surface area contributed by atoms with Crippen LogP contribution in [0.3, 0.4) is 0 Å². The second-order valence-corrected chi connectivity index (χ2v) is 7.00. The molecule has 0 aromatic carbocycles. The monoisotopic (exact) mass is 357 g/mol. The van der Waals surface area contributed by atoms with Gasteiger partial charge in [-0.3, -0.25) is 4.79 Å². The molecule has 4 nitrogen and oxygen atoms in total. The Balaban J connectivity index is 4.29. The van der Waals surface area contributed by atoms with Gasteiger partial charge in [0.05, 0.1) is 5.92 Å². The lowest BCUT2D eigenvalue weighted by Gasteiger charge is -2.30. The van der Waals surface area contributed by atoms with Gasteiger partial charge in [-0.15, -0.1) is 0 Å². The molecule has 0 radical (unpaired) electrons. The van der Waals surface area contributed by atoms with Crippen LogP contribution in [0.15, 0.2) is 0 Å². The van der Waals surface area contributed by atoms with E-state index in [4.69, 9.17) is 14.0 Å². The molecule has 0 N–H and O–H groups in total. The summed E-state index contributed by atoms with van der Waals surface area (Å²) in [6.45, 7) is 9.81. The van der Waals surface area contributed by atoms with Crippen molar-refractivity contribution in [2.45, 2.75) is 105 Å². The SMILES string of the molecule is CCCCCCO[BH-](OCCCCCC)OC(=O)C(CC)CCCC. The second-order valence-electron chi connectivity index (χ2n) is 7.00. The predicted octanol–water partition coefficient (Wildman–Crippen LogP) is 5.66. The molecule has 0 saturated heterocycles. The number of hydrogen-bond acceptors (Lipinski definition) is 4. The molecule has 25 heavy (non-hydrogen) atoms. The lowest BCUT2D eigenvalue weighted by molar-refractivity contribution is -0.143. The Hall–Kier alpha value is -0.545. The topological polar surface area (TPSA) is 44.8 Å². The normalized spacial score (nSPS) is 12.5. The zero-order valence-corrected chi connectivity index (χ0v) is 17.3. The summed E-state index contributed by atoms with van der Waals surface area (Å²) in [5, 5.41) is 0. The Morgan fingerprint density at radius 1 is 0.760 bits per heavy atom. The quantitative estimate of drug-likeness (QED) is 0.235. The molecule has 0 aromatic heterocycles. The van der Waals surface area contributed by atoms with Gasteiger partial charge in [0.2, 0.25) is 0 Å². The van der Waals surface area contributed by atoms with Gasteiger partial charge in [0.15, 0.2) is 0 Å². The van der Waals surface area contributed by atoms with Crippen molar-refractivity contribution in [2.75, 3.05) is 13.2 Å². The summed E-state index contributed by atoms with van der Waals surface area (Å²) in [5.41, 5.74) is 0. The van der Waals surface area contributed by atoms with Gasteiger partial charge in [-0.1, -0.05) is 79.1 Å². The molecule has 5 heteroatoms. The predicted molar refractivity (Wildman–Crippen MR) is 107 cm³/mol. The number of carbonyl (C=O) groups excluding carboxylic acids is 1. The van der Waals surface area contributed by atoms with Crippen molar-refractivity contribution in [2.24, 2.45) is 5.92 Å². The molecular formula is C20H42BO4-. The molecule has 1 unspecified atom stereocenters. The van der Waals surface area contributed by atoms with Gasteiger partial charge in [0.1, 0.15) is 0 Å². The summed E-state index contributed by atoms with van der Waals surface area (Å²) in [6.07, 6.45) is 13.0. The van der Waals surface area contributed by atoms with E-state index in [0.29, 0.717) is 13.2 Å². The average molecular weight is 357 g/mol. The molecule has 0 aliphatic heterocycles. The average Bonchev–Trinajstić information content (AvgIpc) is 2.61. The van der Waals surface area contributed by atoms with E-state index < -0.39 is 7.32 Å². The third kappa shape index (κ3) is 14.3. The Kier molecular flexibility index (Phi) is 17.9. The molecule has 0 aromatic rings. The van der Waals surface area contributed by atoms with Gasteiger partial charge in [0.25, 0.3) is 5.97 Å². The van der Waals surface area contributed by atoms with Crippen LogP contribution in [0, 0.1) is 5.92 Å². The molecule has 0 spiro atoms. The summed E-state index contributed by atoms with van der Waals surface area (Å²) in [6, 6.07) is 0. The van der Waals surface area contributed by atoms with Crippen molar-refractivity contribution in [3.05, 3.63) is 0 Å². The van der Waals surface area contributed by atoms with Crippen molar-refractivity contribution >= 4 is 13.3 Å². The fraction of sp³-hybridized carbons (Fsp3) is 0.950. The van der Waals surface area contributed by atoms with Gasteiger partial charge in [-0.2, -0.15) is 0 Å². The molecule has 150 valence electrons. The first-order valence-electron chi connectivity index (χ1n) is 10.8. The minimum Gasteiger partial charge on any atom is -0.646 e. The van der Waals surface area contributed by atoms with Crippen molar-refractivity contribution in [3.8, 4) is 0 Å². The van der Waals surface area contributed by atoms with Crippen LogP contribution in [-0.2, 0) is 18.8 Å². The highest BCUT2D eigenvalue weighted by molar-refractivity contribution is 6.39. The number of carbonyl (C=O) groups is 1. The highest BCUT2D eigenvalue weighted by Gasteiger charge is 2.19. The van der Waals surface area contributed by atoms with Crippen LogP contribution >= 0.6 is 0 Å². The van der Waals surface area contributed by atoms with Gasteiger partial charge >= 0.3 is 7.32 Å². The van der Waals surface area contributed by atoms with Crippen molar-refractivity contribution in [3.63, 3.8) is 0 Å². The van der Waals surface area contributed by atoms with Crippen molar-refractivity contribution in [1.29, 1.82) is 0 Å². The number of rotatable bonds is 18. The lowest BCUT2D eigenvalue weighted by atomic mass is 9.99. The summed E-state index contributed by atoms with van der Waals surface area (Å²) in [4.78, 5) is 12.4.